The van der Waals surface area contributed by atoms with Gasteiger partial charge in [-0.25, -0.2) is 0 Å². The van der Waals surface area contributed by atoms with Crippen molar-refractivity contribution in [1.29, 1.82) is 0 Å². The van der Waals surface area contributed by atoms with E-state index in [1.165, 1.54) is 6.92 Å². The van der Waals surface area contributed by atoms with E-state index in [0.717, 1.165) is 0 Å². The van der Waals surface area contributed by atoms with Crippen LogP contribution >= 0.6 is 11.6 Å². The lowest BCUT2D eigenvalue weighted by molar-refractivity contribution is -0.670. The Morgan fingerprint density at radius 2 is 2.27 bits per heavy atom. The number of nitrogens with zero attached hydrogens (tertiary/aromatic N) is 2. The molecule has 7 heteroatoms. The third kappa shape index (κ3) is 1.29. The molecule has 0 amide bonds. The summed E-state index contributed by atoms with van der Waals surface area (Å²) in [5.41, 5.74) is 0.370. The van der Waals surface area contributed by atoms with Crippen LogP contribution in [0.3, 0.4) is 0 Å². The van der Waals surface area contributed by atoms with Gasteiger partial charge >= 0.3 is 5.82 Å². The van der Waals surface area contributed by atoms with Gasteiger partial charge in [-0.1, -0.05) is 11.6 Å². The standard InChI is InChI=1S/C8H7ClN2O4/c1-4-6(9)7-5(2-3-15-7)10(12)8(4)11(13)14/h2-3H2,1H3. The largest absolute Gasteiger partial charge is 0.614 e. The zero-order chi connectivity index (χ0) is 11.2. The maximum atomic E-state index is 11.6. The molecule has 1 aromatic heterocycles. The Kier molecular flexibility index (Phi) is 2.15. The summed E-state index contributed by atoms with van der Waals surface area (Å²) < 4.78 is 5.45. The van der Waals surface area contributed by atoms with Gasteiger partial charge in [-0.05, 0) is 6.92 Å². The third-order valence-corrected chi connectivity index (χ3v) is 2.78. The Bertz CT molecular complexity index is 461. The van der Waals surface area contributed by atoms with Crippen LogP contribution < -0.4 is 9.47 Å². The molecule has 80 valence electrons. The summed E-state index contributed by atoms with van der Waals surface area (Å²) in [5, 5.41) is 22.4. The Morgan fingerprint density at radius 3 is 2.87 bits per heavy atom. The second-order valence-electron chi connectivity index (χ2n) is 3.19. The summed E-state index contributed by atoms with van der Waals surface area (Å²) in [6.45, 7) is 1.76. The fraction of sp³-hybridized carbons (Fsp3) is 0.375. The van der Waals surface area contributed by atoms with E-state index in [1.54, 1.807) is 0 Å². The summed E-state index contributed by atoms with van der Waals surface area (Å²) in [5.74, 6) is -0.251. The average molecular weight is 231 g/mol. The highest BCUT2D eigenvalue weighted by Crippen LogP contribution is 2.36. The number of nitro groups is 1. The van der Waals surface area contributed by atoms with Gasteiger partial charge in [0.15, 0.2) is 0 Å². The number of ether oxygens (including phenoxy) is 1. The van der Waals surface area contributed by atoms with Gasteiger partial charge in [0.25, 0.3) is 0 Å². The molecule has 0 fully saturated rings. The van der Waals surface area contributed by atoms with E-state index in [4.69, 9.17) is 16.3 Å². The minimum absolute atomic E-state index is 0.136. The first kappa shape index (κ1) is 9.97. The van der Waals surface area contributed by atoms with Crippen molar-refractivity contribution < 1.29 is 14.4 Å². The molecule has 0 saturated heterocycles. The van der Waals surface area contributed by atoms with Gasteiger partial charge in [0.2, 0.25) is 11.4 Å². The van der Waals surface area contributed by atoms with Crippen LogP contribution in [0, 0.1) is 22.2 Å². The topological polar surface area (TPSA) is 79.3 Å². The highest BCUT2D eigenvalue weighted by molar-refractivity contribution is 6.33. The van der Waals surface area contributed by atoms with Crippen molar-refractivity contribution in [2.75, 3.05) is 6.61 Å². The molecule has 0 N–H and O–H groups in total. The SMILES string of the molecule is Cc1c(Cl)c2c([n+]([O-])c1[N+](=O)[O-])CCO2. The molecule has 6 nitrogen and oxygen atoms in total. The zero-order valence-corrected chi connectivity index (χ0v) is 8.58. The first-order valence-corrected chi connectivity index (χ1v) is 4.63. The Labute approximate surface area is 89.8 Å². The molecule has 15 heavy (non-hydrogen) atoms. The molecule has 0 atom stereocenters. The molecule has 2 heterocycles. The highest BCUT2D eigenvalue weighted by Gasteiger charge is 2.36. The Balaban J connectivity index is 2.79. The molecule has 0 aliphatic carbocycles. The first-order valence-electron chi connectivity index (χ1n) is 4.25. The molecule has 2 rings (SSSR count). The van der Waals surface area contributed by atoms with E-state index in [-0.39, 0.29) is 22.0 Å². The smallest absolute Gasteiger partial charge is 0.517 e. The van der Waals surface area contributed by atoms with Crippen LogP contribution in [-0.2, 0) is 6.42 Å². The van der Waals surface area contributed by atoms with Gasteiger partial charge in [-0.2, -0.15) is 0 Å². The molecule has 0 spiro atoms. The van der Waals surface area contributed by atoms with Gasteiger partial charge in [-0.15, -0.1) is 4.73 Å². The fourth-order valence-electron chi connectivity index (χ4n) is 1.59. The number of hydrogen-bond acceptors (Lipinski definition) is 4. The van der Waals surface area contributed by atoms with Crippen LogP contribution in [0.5, 0.6) is 5.75 Å². The van der Waals surface area contributed by atoms with E-state index >= 15 is 0 Å². The molecule has 0 saturated carbocycles. The average Bonchev–Trinajstić information content (AvgIpc) is 2.62. The second kappa shape index (κ2) is 3.23. The summed E-state index contributed by atoms with van der Waals surface area (Å²) in [4.78, 5) is 9.95. The van der Waals surface area contributed by atoms with Gasteiger partial charge < -0.3 is 9.94 Å². The van der Waals surface area contributed by atoms with E-state index < -0.39 is 10.7 Å². The van der Waals surface area contributed by atoms with Gasteiger partial charge in [0.1, 0.15) is 15.5 Å². The number of rotatable bonds is 1. The van der Waals surface area contributed by atoms with Crippen molar-refractivity contribution >= 4 is 17.4 Å². The molecule has 1 aromatic rings. The third-order valence-electron chi connectivity index (χ3n) is 2.32. The quantitative estimate of drug-likeness (QED) is 0.313. The first-order chi connectivity index (χ1) is 7.04. The fourth-order valence-corrected chi connectivity index (χ4v) is 1.84. The number of halogens is 1. The normalized spacial score (nSPS) is 13.5. The van der Waals surface area contributed by atoms with Gasteiger partial charge in [-0.3, -0.25) is 10.1 Å². The molecule has 1 aliphatic heterocycles. The number of fused-ring (bicyclic) bond motifs is 1. The van der Waals surface area contributed by atoms with Crippen molar-refractivity contribution in [3.8, 4) is 5.75 Å². The number of aromatic nitrogens is 1. The van der Waals surface area contributed by atoms with Crippen LogP contribution in [0.2, 0.25) is 5.02 Å². The number of pyridine rings is 1. The molecule has 0 bridgehead atoms. The molecule has 0 unspecified atom stereocenters. The predicted octanol–water partition coefficient (Wildman–Crippen LogP) is 1.12. The lowest BCUT2D eigenvalue weighted by atomic mass is 10.2. The highest BCUT2D eigenvalue weighted by atomic mass is 35.5. The van der Waals surface area contributed by atoms with Crippen LogP contribution in [0.25, 0.3) is 0 Å². The zero-order valence-electron chi connectivity index (χ0n) is 7.82. The maximum absolute atomic E-state index is 11.6. The lowest BCUT2D eigenvalue weighted by Gasteiger charge is -2.06. The second-order valence-corrected chi connectivity index (χ2v) is 3.57. The van der Waals surface area contributed by atoms with E-state index in [0.29, 0.717) is 17.8 Å². The van der Waals surface area contributed by atoms with Crippen LogP contribution in [0.15, 0.2) is 0 Å². The molecular weight excluding hydrogens is 224 g/mol. The van der Waals surface area contributed by atoms with Crippen LogP contribution in [0.1, 0.15) is 11.3 Å². The summed E-state index contributed by atoms with van der Waals surface area (Å²) in [7, 11) is 0. The molecule has 1 aliphatic rings. The summed E-state index contributed by atoms with van der Waals surface area (Å²) >= 11 is 5.88. The van der Waals surface area contributed by atoms with E-state index in [2.05, 4.69) is 0 Å². The summed E-state index contributed by atoms with van der Waals surface area (Å²) in [6.07, 6.45) is 0.347. The van der Waals surface area contributed by atoms with Crippen LogP contribution in [0.4, 0.5) is 5.82 Å². The van der Waals surface area contributed by atoms with Gasteiger partial charge in [0, 0.05) is 0 Å². The summed E-state index contributed by atoms with van der Waals surface area (Å²) in [6, 6.07) is 0. The van der Waals surface area contributed by atoms with E-state index in [1.807, 2.05) is 0 Å². The van der Waals surface area contributed by atoms with Crippen molar-refractivity contribution in [1.82, 2.24) is 0 Å². The van der Waals surface area contributed by atoms with Crippen LogP contribution in [-0.4, -0.2) is 11.5 Å². The van der Waals surface area contributed by atoms with Crippen molar-refractivity contribution in [3.05, 3.63) is 31.6 Å². The minimum atomic E-state index is -0.729. The molecular formula is C8H7ClN2O4. The predicted molar refractivity (Wildman–Crippen MR) is 51.0 cm³/mol. The van der Waals surface area contributed by atoms with E-state index in [9.17, 15) is 15.3 Å². The minimum Gasteiger partial charge on any atom is -0.614 e. The number of hydrogen-bond donors (Lipinski definition) is 0. The Hall–Kier alpha value is -1.56. The monoisotopic (exact) mass is 230 g/mol. The Morgan fingerprint density at radius 1 is 1.60 bits per heavy atom. The van der Waals surface area contributed by atoms with Crippen molar-refractivity contribution in [2.24, 2.45) is 0 Å². The maximum Gasteiger partial charge on any atom is 0.517 e. The van der Waals surface area contributed by atoms with Crippen molar-refractivity contribution in [3.63, 3.8) is 0 Å². The molecule has 0 radical (unpaired) electrons. The van der Waals surface area contributed by atoms with Crippen molar-refractivity contribution in [2.45, 2.75) is 13.3 Å². The lowest BCUT2D eigenvalue weighted by Crippen LogP contribution is -2.35. The van der Waals surface area contributed by atoms with Gasteiger partial charge in [0.05, 0.1) is 13.0 Å². The molecule has 0 aromatic carbocycles.